The van der Waals surface area contributed by atoms with Gasteiger partial charge < -0.3 is 10.1 Å². The molecule has 1 aliphatic heterocycles. The van der Waals surface area contributed by atoms with Crippen LogP contribution in [0.25, 0.3) is 0 Å². The third-order valence-electron chi connectivity index (χ3n) is 3.82. The summed E-state index contributed by atoms with van der Waals surface area (Å²) in [5, 5.41) is 3.98. The molecule has 2 N–H and O–H groups in total. The van der Waals surface area contributed by atoms with Crippen LogP contribution in [0.4, 0.5) is 10.1 Å². The average molecular weight is 370 g/mol. The lowest BCUT2D eigenvalue weighted by atomic mass is 10.2. The molecule has 1 heterocycles. The number of amidine groups is 1. The molecule has 140 valence electrons. The summed E-state index contributed by atoms with van der Waals surface area (Å²) in [6.45, 7) is 2.07. The molecule has 0 saturated heterocycles. The lowest BCUT2D eigenvalue weighted by molar-refractivity contribution is -0.120. The Morgan fingerprint density at radius 2 is 1.93 bits per heavy atom. The Morgan fingerprint density at radius 1 is 1.22 bits per heavy atom. The van der Waals surface area contributed by atoms with E-state index in [0.29, 0.717) is 11.4 Å². The van der Waals surface area contributed by atoms with Crippen LogP contribution in [0.3, 0.4) is 0 Å². The molecule has 0 saturated carbocycles. The molecule has 3 rings (SSSR count). The summed E-state index contributed by atoms with van der Waals surface area (Å²) in [4.78, 5) is 28.8. The molecular formula is C19H19FN4O3. The minimum absolute atomic E-state index is 0.0488. The molecule has 8 heteroatoms. The van der Waals surface area contributed by atoms with Crippen LogP contribution in [0.15, 0.2) is 59.6 Å². The number of benzene rings is 2. The zero-order valence-corrected chi connectivity index (χ0v) is 14.7. The van der Waals surface area contributed by atoms with Gasteiger partial charge in [-0.2, -0.15) is 0 Å². The lowest BCUT2D eigenvalue weighted by Gasteiger charge is -2.30. The number of hydrogen-bond donors (Lipinski definition) is 2. The van der Waals surface area contributed by atoms with Crippen LogP contribution in [0.2, 0.25) is 0 Å². The van der Waals surface area contributed by atoms with Gasteiger partial charge >= 0.3 is 0 Å². The highest BCUT2D eigenvalue weighted by molar-refractivity contribution is 6.39. The number of rotatable bonds is 6. The van der Waals surface area contributed by atoms with E-state index in [1.54, 1.807) is 31.2 Å². The van der Waals surface area contributed by atoms with Crippen LogP contribution < -0.4 is 20.5 Å². The van der Waals surface area contributed by atoms with Crippen molar-refractivity contribution in [3.05, 3.63) is 60.4 Å². The first-order chi connectivity index (χ1) is 13.0. The normalized spacial score (nSPS) is 16.4. The maximum atomic E-state index is 12.8. The molecule has 2 aromatic rings. The summed E-state index contributed by atoms with van der Waals surface area (Å²) in [5.74, 6) is -0.486. The number of para-hydroxylation sites is 1. The van der Waals surface area contributed by atoms with Gasteiger partial charge in [-0.1, -0.05) is 18.2 Å². The second-order valence-corrected chi connectivity index (χ2v) is 5.83. The second kappa shape index (κ2) is 8.31. The largest absolute Gasteiger partial charge is 0.492 e. The fraction of sp³-hybridized carbons (Fsp3) is 0.211. The Balaban J connectivity index is 1.55. The lowest BCUT2D eigenvalue weighted by Crippen LogP contribution is -2.58. The van der Waals surface area contributed by atoms with E-state index in [1.165, 1.54) is 29.3 Å². The Morgan fingerprint density at radius 3 is 2.63 bits per heavy atom. The summed E-state index contributed by atoms with van der Waals surface area (Å²) in [6.07, 6.45) is 0. The van der Waals surface area contributed by atoms with Gasteiger partial charge in [0.25, 0.3) is 11.8 Å². The van der Waals surface area contributed by atoms with Gasteiger partial charge in [0.2, 0.25) is 5.84 Å². The van der Waals surface area contributed by atoms with Crippen molar-refractivity contribution in [2.24, 2.45) is 4.99 Å². The molecule has 27 heavy (non-hydrogen) atoms. The monoisotopic (exact) mass is 370 g/mol. The molecule has 1 aliphatic rings. The summed E-state index contributed by atoms with van der Waals surface area (Å²) >= 11 is 0. The zero-order chi connectivity index (χ0) is 19.2. The van der Waals surface area contributed by atoms with E-state index >= 15 is 0 Å². The van der Waals surface area contributed by atoms with Crippen molar-refractivity contribution in [1.82, 2.24) is 10.7 Å². The van der Waals surface area contributed by atoms with E-state index in [2.05, 4.69) is 15.7 Å². The fourth-order valence-corrected chi connectivity index (χ4v) is 2.45. The van der Waals surface area contributed by atoms with E-state index in [1.807, 2.05) is 6.07 Å². The molecular weight excluding hydrogens is 351 g/mol. The van der Waals surface area contributed by atoms with Gasteiger partial charge in [0, 0.05) is 0 Å². The molecule has 2 aromatic carbocycles. The Labute approximate surface area is 155 Å². The van der Waals surface area contributed by atoms with Crippen molar-refractivity contribution in [2.45, 2.75) is 13.0 Å². The van der Waals surface area contributed by atoms with Gasteiger partial charge in [-0.15, -0.1) is 0 Å². The Bertz CT molecular complexity index is 840. The van der Waals surface area contributed by atoms with Crippen LogP contribution in [-0.2, 0) is 9.59 Å². The van der Waals surface area contributed by atoms with E-state index in [9.17, 15) is 14.0 Å². The summed E-state index contributed by atoms with van der Waals surface area (Å²) in [5.41, 5.74) is 3.37. The molecule has 0 spiro atoms. The standard InChI is InChI=1S/C19H19FN4O3/c1-13-19(26)24(15-5-3-2-4-6-15)23-17(22-13)18(25)21-11-12-27-16-9-7-14(20)8-10-16/h2-10,13H,11-12H2,1H3,(H,21,25)(H,22,23). The molecule has 7 nitrogen and oxygen atoms in total. The first-order valence-electron chi connectivity index (χ1n) is 8.44. The minimum atomic E-state index is -0.678. The van der Waals surface area contributed by atoms with Gasteiger partial charge in [0.1, 0.15) is 24.2 Å². The van der Waals surface area contributed by atoms with Crippen LogP contribution in [-0.4, -0.2) is 36.8 Å². The number of carbonyl (C=O) groups is 2. The highest BCUT2D eigenvalue weighted by Crippen LogP contribution is 2.16. The van der Waals surface area contributed by atoms with E-state index in [4.69, 9.17) is 4.74 Å². The number of anilines is 1. The molecule has 1 unspecified atom stereocenters. The first kappa shape index (κ1) is 18.4. The van der Waals surface area contributed by atoms with Gasteiger partial charge in [0.15, 0.2) is 0 Å². The number of carbonyl (C=O) groups excluding carboxylic acids is 2. The molecule has 0 aromatic heterocycles. The Hall–Kier alpha value is -3.42. The molecule has 0 fully saturated rings. The smallest absolute Gasteiger partial charge is 0.288 e. The first-order valence-corrected chi connectivity index (χ1v) is 8.44. The quantitative estimate of drug-likeness (QED) is 0.758. The fourth-order valence-electron chi connectivity index (χ4n) is 2.45. The van der Waals surface area contributed by atoms with Gasteiger partial charge in [-0.05, 0) is 43.3 Å². The number of ether oxygens (including phenoxy) is 1. The minimum Gasteiger partial charge on any atom is -0.492 e. The maximum Gasteiger partial charge on any atom is 0.288 e. The highest BCUT2D eigenvalue weighted by atomic mass is 19.1. The van der Waals surface area contributed by atoms with Crippen molar-refractivity contribution < 1.29 is 18.7 Å². The van der Waals surface area contributed by atoms with Crippen molar-refractivity contribution in [1.29, 1.82) is 0 Å². The molecule has 0 aliphatic carbocycles. The van der Waals surface area contributed by atoms with Crippen molar-refractivity contribution in [2.75, 3.05) is 18.2 Å². The van der Waals surface area contributed by atoms with E-state index in [-0.39, 0.29) is 30.7 Å². The number of nitrogens with zero attached hydrogens (tertiary/aromatic N) is 2. The maximum absolute atomic E-state index is 12.8. The number of aliphatic imine (C=N–C) groups is 1. The molecule has 0 bridgehead atoms. The highest BCUT2D eigenvalue weighted by Gasteiger charge is 2.30. The predicted octanol–water partition coefficient (Wildman–Crippen LogP) is 1.66. The summed E-state index contributed by atoms with van der Waals surface area (Å²) in [6, 6.07) is 13.9. The average Bonchev–Trinajstić information content (AvgIpc) is 2.69. The summed E-state index contributed by atoms with van der Waals surface area (Å²) < 4.78 is 18.3. The van der Waals surface area contributed by atoms with E-state index < -0.39 is 11.9 Å². The van der Waals surface area contributed by atoms with Crippen LogP contribution in [0.5, 0.6) is 5.75 Å². The summed E-state index contributed by atoms with van der Waals surface area (Å²) in [7, 11) is 0. The predicted molar refractivity (Wildman–Crippen MR) is 98.9 cm³/mol. The van der Waals surface area contributed by atoms with Gasteiger partial charge in [-0.25, -0.2) is 14.4 Å². The van der Waals surface area contributed by atoms with Crippen LogP contribution >= 0.6 is 0 Å². The molecule has 0 radical (unpaired) electrons. The third-order valence-corrected chi connectivity index (χ3v) is 3.82. The zero-order valence-electron chi connectivity index (χ0n) is 14.7. The number of hydrogen-bond acceptors (Lipinski definition) is 5. The van der Waals surface area contributed by atoms with Crippen molar-refractivity contribution in [3.8, 4) is 5.75 Å². The van der Waals surface area contributed by atoms with E-state index in [0.717, 1.165) is 0 Å². The third kappa shape index (κ3) is 4.60. The number of nitrogens with one attached hydrogen (secondary N) is 2. The second-order valence-electron chi connectivity index (χ2n) is 5.83. The van der Waals surface area contributed by atoms with Crippen molar-refractivity contribution in [3.63, 3.8) is 0 Å². The molecule has 1 atom stereocenters. The number of hydrazine groups is 1. The van der Waals surface area contributed by atoms with Crippen molar-refractivity contribution >= 4 is 23.3 Å². The Kier molecular flexibility index (Phi) is 5.65. The SMILES string of the molecule is CC1N=C(C(=O)NCCOc2ccc(F)cc2)NN(c2ccccc2)C1=O. The topological polar surface area (TPSA) is 83.0 Å². The van der Waals surface area contributed by atoms with Crippen LogP contribution in [0, 0.1) is 5.82 Å². The number of amides is 2. The molecule has 2 amide bonds. The van der Waals surface area contributed by atoms with Gasteiger partial charge in [0.05, 0.1) is 12.2 Å². The van der Waals surface area contributed by atoms with Gasteiger partial charge in [-0.3, -0.25) is 15.0 Å². The number of halogens is 1. The van der Waals surface area contributed by atoms with Crippen LogP contribution in [0.1, 0.15) is 6.92 Å².